The van der Waals surface area contributed by atoms with Gasteiger partial charge >= 0.3 is 6.03 Å². The summed E-state index contributed by atoms with van der Waals surface area (Å²) in [6.45, 7) is 5.51. The zero-order chi connectivity index (χ0) is 19.8. The van der Waals surface area contributed by atoms with Crippen LogP contribution in [0.5, 0.6) is 0 Å². The maximum Gasteiger partial charge on any atom is 0.323 e. The van der Waals surface area contributed by atoms with E-state index >= 15 is 0 Å². The van der Waals surface area contributed by atoms with Crippen LogP contribution in [0.4, 0.5) is 15.7 Å². The molecule has 1 aliphatic rings. The molecule has 9 heteroatoms. The number of amides is 3. The highest BCUT2D eigenvalue weighted by atomic mass is 32.1. The molecule has 1 saturated heterocycles. The van der Waals surface area contributed by atoms with Crippen LogP contribution in [0.1, 0.15) is 25.5 Å². The second kappa shape index (κ2) is 10.0. The van der Waals surface area contributed by atoms with Gasteiger partial charge in [-0.2, -0.15) is 0 Å². The van der Waals surface area contributed by atoms with E-state index in [1.165, 1.54) is 11.3 Å². The zero-order valence-corrected chi connectivity index (χ0v) is 16.9. The van der Waals surface area contributed by atoms with Gasteiger partial charge in [0, 0.05) is 44.3 Å². The fourth-order valence-electron chi connectivity index (χ4n) is 2.93. The van der Waals surface area contributed by atoms with E-state index in [0.717, 1.165) is 31.7 Å². The van der Waals surface area contributed by atoms with Crippen molar-refractivity contribution in [2.75, 3.05) is 42.9 Å². The SMILES string of the molecule is CCCCNC(=O)Cc1csc(NC(=O)N2CCN(c3ccccn3)CC2)n1. The molecule has 0 radical (unpaired) electrons. The van der Waals surface area contributed by atoms with Gasteiger partial charge in [0.2, 0.25) is 5.91 Å². The Balaban J connectivity index is 1.44. The lowest BCUT2D eigenvalue weighted by Crippen LogP contribution is -2.50. The molecule has 0 spiro atoms. The summed E-state index contributed by atoms with van der Waals surface area (Å²) < 4.78 is 0. The Labute approximate surface area is 169 Å². The van der Waals surface area contributed by atoms with Gasteiger partial charge in [-0.15, -0.1) is 11.3 Å². The molecule has 0 atom stereocenters. The lowest BCUT2D eigenvalue weighted by Gasteiger charge is -2.35. The summed E-state index contributed by atoms with van der Waals surface area (Å²) >= 11 is 1.34. The van der Waals surface area contributed by atoms with E-state index < -0.39 is 0 Å². The minimum absolute atomic E-state index is 0.0396. The van der Waals surface area contributed by atoms with Crippen molar-refractivity contribution >= 4 is 34.2 Å². The van der Waals surface area contributed by atoms with Crippen molar-refractivity contribution in [3.63, 3.8) is 0 Å². The number of carbonyl (C=O) groups is 2. The Bertz CT molecular complexity index is 774. The summed E-state index contributed by atoms with van der Waals surface area (Å²) in [5, 5.41) is 8.05. The predicted molar refractivity (Wildman–Crippen MR) is 111 cm³/mol. The first-order valence-corrected chi connectivity index (χ1v) is 10.5. The molecule has 3 amide bonds. The number of urea groups is 1. The van der Waals surface area contributed by atoms with E-state index in [4.69, 9.17) is 0 Å². The smallest absolute Gasteiger partial charge is 0.323 e. The Morgan fingerprint density at radius 3 is 2.75 bits per heavy atom. The Morgan fingerprint density at radius 1 is 1.21 bits per heavy atom. The Hall–Kier alpha value is -2.68. The van der Waals surface area contributed by atoms with Gasteiger partial charge in [0.1, 0.15) is 5.82 Å². The summed E-state index contributed by atoms with van der Waals surface area (Å²) in [7, 11) is 0. The Kier molecular flexibility index (Phi) is 7.18. The van der Waals surface area contributed by atoms with E-state index in [1.807, 2.05) is 23.6 Å². The van der Waals surface area contributed by atoms with Crippen LogP contribution in [-0.2, 0) is 11.2 Å². The fourth-order valence-corrected chi connectivity index (χ4v) is 3.63. The summed E-state index contributed by atoms with van der Waals surface area (Å²) in [6.07, 6.45) is 4.03. The average molecular weight is 403 g/mol. The number of anilines is 2. The number of rotatable bonds is 7. The van der Waals surface area contributed by atoms with Gasteiger partial charge < -0.3 is 15.1 Å². The second-order valence-corrected chi connectivity index (χ2v) is 7.47. The van der Waals surface area contributed by atoms with Gasteiger partial charge in [0.15, 0.2) is 5.13 Å². The van der Waals surface area contributed by atoms with Crippen LogP contribution in [0, 0.1) is 0 Å². The number of piperazine rings is 1. The standard InChI is InChI=1S/C19H26N6O2S/c1-2-3-7-21-17(26)13-15-14-28-18(22-15)23-19(27)25-11-9-24(10-12-25)16-6-4-5-8-20-16/h4-6,8,14H,2-3,7,9-13H2,1H3,(H,21,26)(H,22,23,27). The van der Waals surface area contributed by atoms with Gasteiger partial charge in [0.05, 0.1) is 12.1 Å². The molecular weight excluding hydrogens is 376 g/mol. The molecule has 1 aliphatic heterocycles. The third-order valence-corrected chi connectivity index (χ3v) is 5.31. The Morgan fingerprint density at radius 2 is 2.04 bits per heavy atom. The topological polar surface area (TPSA) is 90.5 Å². The molecule has 2 aromatic rings. The highest BCUT2D eigenvalue weighted by molar-refractivity contribution is 7.13. The maximum atomic E-state index is 12.5. The van der Waals surface area contributed by atoms with Crippen molar-refractivity contribution in [3.8, 4) is 0 Å². The van der Waals surface area contributed by atoms with E-state index in [9.17, 15) is 9.59 Å². The van der Waals surface area contributed by atoms with E-state index in [-0.39, 0.29) is 18.4 Å². The molecular formula is C19H26N6O2S. The van der Waals surface area contributed by atoms with Crippen molar-refractivity contribution in [1.82, 2.24) is 20.2 Å². The van der Waals surface area contributed by atoms with Crippen LogP contribution in [0.3, 0.4) is 0 Å². The minimum atomic E-state index is -0.158. The number of thiazole rings is 1. The van der Waals surface area contributed by atoms with E-state index in [2.05, 4.69) is 32.4 Å². The van der Waals surface area contributed by atoms with Gasteiger partial charge in [0.25, 0.3) is 0 Å². The van der Waals surface area contributed by atoms with Crippen LogP contribution in [0.25, 0.3) is 0 Å². The highest BCUT2D eigenvalue weighted by Gasteiger charge is 2.22. The van der Waals surface area contributed by atoms with E-state index in [1.54, 1.807) is 11.1 Å². The van der Waals surface area contributed by atoms with Crippen molar-refractivity contribution in [2.45, 2.75) is 26.2 Å². The summed E-state index contributed by atoms with van der Waals surface area (Å²) in [5.41, 5.74) is 0.675. The molecule has 0 saturated carbocycles. The lowest BCUT2D eigenvalue weighted by molar-refractivity contribution is -0.120. The fraction of sp³-hybridized carbons (Fsp3) is 0.474. The van der Waals surface area contributed by atoms with Crippen molar-refractivity contribution in [1.29, 1.82) is 0 Å². The summed E-state index contributed by atoms with van der Waals surface area (Å²) in [6, 6.07) is 5.68. The lowest BCUT2D eigenvalue weighted by atomic mass is 10.3. The number of hydrogen-bond donors (Lipinski definition) is 2. The van der Waals surface area contributed by atoms with E-state index in [0.29, 0.717) is 30.5 Å². The number of aromatic nitrogens is 2. The number of pyridine rings is 1. The maximum absolute atomic E-state index is 12.5. The van der Waals surface area contributed by atoms with Crippen LogP contribution in [-0.4, -0.2) is 59.5 Å². The van der Waals surface area contributed by atoms with Crippen LogP contribution >= 0.6 is 11.3 Å². The monoisotopic (exact) mass is 402 g/mol. The van der Waals surface area contributed by atoms with Gasteiger partial charge in [-0.3, -0.25) is 10.1 Å². The number of nitrogens with zero attached hydrogens (tertiary/aromatic N) is 4. The summed E-state index contributed by atoms with van der Waals surface area (Å²) in [5.74, 6) is 0.895. The first-order chi connectivity index (χ1) is 13.7. The first-order valence-electron chi connectivity index (χ1n) is 9.58. The molecule has 0 unspecified atom stereocenters. The number of nitrogens with one attached hydrogen (secondary N) is 2. The zero-order valence-electron chi connectivity index (χ0n) is 16.1. The number of hydrogen-bond acceptors (Lipinski definition) is 6. The van der Waals surface area contributed by atoms with Crippen LogP contribution in [0.15, 0.2) is 29.8 Å². The predicted octanol–water partition coefficient (Wildman–Crippen LogP) is 2.35. The molecule has 0 aromatic carbocycles. The first kappa shape index (κ1) is 20.1. The normalized spacial score (nSPS) is 14.0. The van der Waals surface area contributed by atoms with Crippen LogP contribution < -0.4 is 15.5 Å². The molecule has 3 heterocycles. The second-order valence-electron chi connectivity index (χ2n) is 6.62. The molecule has 150 valence electrons. The summed E-state index contributed by atoms with van der Waals surface area (Å²) in [4.78, 5) is 37.0. The number of unbranched alkanes of at least 4 members (excludes halogenated alkanes) is 1. The molecule has 2 aromatic heterocycles. The highest BCUT2D eigenvalue weighted by Crippen LogP contribution is 2.18. The molecule has 3 rings (SSSR count). The third kappa shape index (κ3) is 5.66. The molecule has 0 aliphatic carbocycles. The largest absolute Gasteiger partial charge is 0.356 e. The van der Waals surface area contributed by atoms with Gasteiger partial charge in [-0.05, 0) is 18.6 Å². The van der Waals surface area contributed by atoms with Gasteiger partial charge in [-0.25, -0.2) is 14.8 Å². The number of carbonyl (C=O) groups excluding carboxylic acids is 2. The average Bonchev–Trinajstić information content (AvgIpc) is 3.15. The van der Waals surface area contributed by atoms with Crippen molar-refractivity contribution < 1.29 is 9.59 Å². The van der Waals surface area contributed by atoms with Crippen molar-refractivity contribution in [2.24, 2.45) is 0 Å². The minimum Gasteiger partial charge on any atom is -0.356 e. The molecule has 2 N–H and O–H groups in total. The molecule has 0 bridgehead atoms. The molecule has 1 fully saturated rings. The van der Waals surface area contributed by atoms with Crippen LogP contribution in [0.2, 0.25) is 0 Å². The molecule has 28 heavy (non-hydrogen) atoms. The third-order valence-electron chi connectivity index (χ3n) is 4.50. The van der Waals surface area contributed by atoms with Gasteiger partial charge in [-0.1, -0.05) is 19.4 Å². The molecule has 8 nitrogen and oxygen atoms in total. The van der Waals surface area contributed by atoms with Crippen molar-refractivity contribution in [3.05, 3.63) is 35.5 Å². The quantitative estimate of drug-likeness (QED) is 0.694.